The molecule has 3 N–H and O–H groups in total. The van der Waals surface area contributed by atoms with Crippen molar-refractivity contribution in [3.8, 4) is 11.5 Å². The number of benzene rings is 2. The Balaban J connectivity index is 1.65. The highest BCUT2D eigenvalue weighted by molar-refractivity contribution is 5.97. The number of amidine groups is 1. The van der Waals surface area contributed by atoms with E-state index in [9.17, 15) is 9.90 Å². The van der Waals surface area contributed by atoms with Gasteiger partial charge in [-0.2, -0.15) is 0 Å². The molecule has 1 aliphatic heterocycles. The van der Waals surface area contributed by atoms with Crippen molar-refractivity contribution < 1.29 is 14.6 Å². The second-order valence-electron chi connectivity index (χ2n) is 4.44. The van der Waals surface area contributed by atoms with E-state index in [2.05, 4.69) is 15.8 Å². The van der Waals surface area contributed by atoms with Gasteiger partial charge in [0.05, 0.1) is 0 Å². The van der Waals surface area contributed by atoms with E-state index in [0.717, 1.165) is 0 Å². The fourth-order valence-corrected chi connectivity index (χ4v) is 1.87. The first kappa shape index (κ1) is 13.0. The smallest absolute Gasteiger partial charge is 0.269 e. The number of nitrogens with one attached hydrogen (secondary N) is 2. The number of phenols is 1. The van der Waals surface area contributed by atoms with Crippen LogP contribution in [-0.2, 0) is 0 Å². The zero-order valence-electron chi connectivity index (χ0n) is 11.0. The van der Waals surface area contributed by atoms with Gasteiger partial charge in [-0.1, -0.05) is 12.1 Å². The topological polar surface area (TPSA) is 83.0 Å². The van der Waals surface area contributed by atoms with Gasteiger partial charge in [0.1, 0.15) is 23.8 Å². The molecule has 0 atom stereocenters. The van der Waals surface area contributed by atoms with Gasteiger partial charge in [0.25, 0.3) is 5.91 Å². The van der Waals surface area contributed by atoms with Gasteiger partial charge in [0.15, 0.2) is 5.84 Å². The number of phenolic OH excluding ortho intramolecular Hbond substituents is 1. The van der Waals surface area contributed by atoms with Gasteiger partial charge >= 0.3 is 0 Å². The van der Waals surface area contributed by atoms with E-state index in [1.54, 1.807) is 0 Å². The van der Waals surface area contributed by atoms with E-state index < -0.39 is 0 Å². The zero-order valence-corrected chi connectivity index (χ0v) is 11.0. The lowest BCUT2D eigenvalue weighted by atomic mass is 10.2. The second-order valence-corrected chi connectivity index (χ2v) is 4.44. The van der Waals surface area contributed by atoms with Crippen LogP contribution in [0, 0.1) is 0 Å². The molecule has 21 heavy (non-hydrogen) atoms. The molecule has 0 saturated heterocycles. The lowest BCUT2D eigenvalue weighted by Gasteiger charge is -2.18. The molecule has 106 valence electrons. The summed E-state index contributed by atoms with van der Waals surface area (Å²) in [5, 5.41) is 9.18. The fourth-order valence-electron chi connectivity index (χ4n) is 1.87. The summed E-state index contributed by atoms with van der Waals surface area (Å²) in [6.07, 6.45) is 0. The van der Waals surface area contributed by atoms with E-state index in [4.69, 9.17) is 4.74 Å². The molecule has 2 aromatic carbocycles. The monoisotopic (exact) mass is 283 g/mol. The molecule has 0 aliphatic carbocycles. The molecule has 1 amide bonds. The Bertz CT molecular complexity index is 696. The van der Waals surface area contributed by atoms with Gasteiger partial charge in [-0.25, -0.2) is 4.99 Å². The summed E-state index contributed by atoms with van der Waals surface area (Å²) in [4.78, 5) is 16.2. The molecule has 0 bridgehead atoms. The molecule has 0 radical (unpaired) electrons. The largest absolute Gasteiger partial charge is 0.508 e. The van der Waals surface area contributed by atoms with Gasteiger partial charge in [-0.05, 0) is 36.4 Å². The normalized spacial score (nSPS) is 12.7. The number of hydrogen-bond acceptors (Lipinski definition) is 5. The van der Waals surface area contributed by atoms with Crippen molar-refractivity contribution in [2.24, 2.45) is 4.99 Å². The third kappa shape index (κ3) is 2.94. The Labute approximate surface area is 121 Å². The number of para-hydroxylation sites is 2. The first-order chi connectivity index (χ1) is 10.2. The van der Waals surface area contributed by atoms with Crippen molar-refractivity contribution in [1.29, 1.82) is 0 Å². The van der Waals surface area contributed by atoms with Crippen LogP contribution >= 0.6 is 0 Å². The van der Waals surface area contributed by atoms with E-state index >= 15 is 0 Å². The van der Waals surface area contributed by atoms with E-state index in [1.807, 2.05) is 24.3 Å². The highest BCUT2D eigenvalue weighted by Gasteiger charge is 2.13. The molecule has 6 heteroatoms. The maximum atomic E-state index is 11.9. The number of aromatic hydroxyl groups is 1. The second kappa shape index (κ2) is 5.54. The first-order valence-electron chi connectivity index (χ1n) is 6.37. The first-order valence-corrected chi connectivity index (χ1v) is 6.37. The molecule has 0 saturated carbocycles. The third-order valence-corrected chi connectivity index (χ3v) is 2.93. The molecule has 6 nitrogen and oxygen atoms in total. The molecule has 0 unspecified atom stereocenters. The van der Waals surface area contributed by atoms with Crippen molar-refractivity contribution in [2.75, 3.05) is 6.61 Å². The number of carbonyl (C=O) groups excluding carboxylic acids is 1. The van der Waals surface area contributed by atoms with Crippen LogP contribution in [0.2, 0.25) is 0 Å². The summed E-state index contributed by atoms with van der Waals surface area (Å²) in [6.45, 7) is 0.257. The molecule has 0 aromatic heterocycles. The Morgan fingerprint density at radius 2 is 1.90 bits per heavy atom. The summed E-state index contributed by atoms with van der Waals surface area (Å²) >= 11 is 0. The van der Waals surface area contributed by atoms with Crippen LogP contribution in [-0.4, -0.2) is 23.5 Å². The average molecular weight is 283 g/mol. The fraction of sp³-hybridized carbons (Fsp3) is 0.0667. The SMILES string of the molecule is O=C(NNC1=Nc2ccccc2OC1)c1ccc(O)cc1. The van der Waals surface area contributed by atoms with Crippen molar-refractivity contribution in [3.05, 3.63) is 54.1 Å². The van der Waals surface area contributed by atoms with Crippen molar-refractivity contribution in [2.45, 2.75) is 0 Å². The standard InChI is InChI=1S/C15H13N3O3/c19-11-7-5-10(6-8-11)15(20)18-17-14-9-21-13-4-2-1-3-12(13)16-14/h1-8,19H,9H2,(H,16,17)(H,18,20). The Morgan fingerprint density at radius 1 is 1.14 bits per heavy atom. The van der Waals surface area contributed by atoms with Gasteiger partial charge in [0, 0.05) is 5.56 Å². The zero-order chi connectivity index (χ0) is 14.7. The van der Waals surface area contributed by atoms with Crippen LogP contribution in [0.25, 0.3) is 0 Å². The molecule has 1 heterocycles. The lowest BCUT2D eigenvalue weighted by molar-refractivity contribution is 0.0943. The molecule has 0 spiro atoms. The molecule has 2 aromatic rings. The summed E-state index contributed by atoms with van der Waals surface area (Å²) in [5.41, 5.74) is 6.42. The van der Waals surface area contributed by atoms with E-state index in [-0.39, 0.29) is 18.3 Å². The third-order valence-electron chi connectivity index (χ3n) is 2.93. The number of amides is 1. The number of hydrogen-bond donors (Lipinski definition) is 3. The summed E-state index contributed by atoms with van der Waals surface area (Å²) in [6, 6.07) is 13.4. The van der Waals surface area contributed by atoms with Crippen LogP contribution in [0.5, 0.6) is 11.5 Å². The molecule has 1 aliphatic rings. The summed E-state index contributed by atoms with van der Waals surface area (Å²) < 4.78 is 5.51. The minimum absolute atomic E-state index is 0.112. The van der Waals surface area contributed by atoms with Crippen molar-refractivity contribution >= 4 is 17.4 Å². The van der Waals surface area contributed by atoms with Crippen molar-refractivity contribution in [1.82, 2.24) is 10.9 Å². The number of aliphatic imine (C=N–C) groups is 1. The summed E-state index contributed by atoms with van der Waals surface area (Å²) in [7, 11) is 0. The highest BCUT2D eigenvalue weighted by atomic mass is 16.5. The van der Waals surface area contributed by atoms with Gasteiger partial charge in [-0.3, -0.25) is 15.6 Å². The van der Waals surface area contributed by atoms with Crippen LogP contribution in [0.1, 0.15) is 10.4 Å². The Morgan fingerprint density at radius 3 is 2.71 bits per heavy atom. The Hall–Kier alpha value is -3.02. The van der Waals surface area contributed by atoms with Crippen LogP contribution in [0.4, 0.5) is 5.69 Å². The van der Waals surface area contributed by atoms with Crippen molar-refractivity contribution in [3.63, 3.8) is 0 Å². The maximum Gasteiger partial charge on any atom is 0.269 e. The Kier molecular flexibility index (Phi) is 3.42. The maximum absolute atomic E-state index is 11.9. The summed E-state index contributed by atoms with van der Waals surface area (Å²) in [5.74, 6) is 1.02. The minimum atomic E-state index is -0.323. The molecule has 3 rings (SSSR count). The van der Waals surface area contributed by atoms with Gasteiger partial charge in [0.2, 0.25) is 0 Å². The average Bonchev–Trinajstić information content (AvgIpc) is 2.53. The van der Waals surface area contributed by atoms with Crippen LogP contribution < -0.4 is 15.6 Å². The van der Waals surface area contributed by atoms with Gasteiger partial charge in [-0.15, -0.1) is 0 Å². The number of hydrazine groups is 1. The lowest BCUT2D eigenvalue weighted by Crippen LogP contribution is -2.44. The number of ether oxygens (including phenoxy) is 1. The quantitative estimate of drug-likeness (QED) is 0.696. The highest BCUT2D eigenvalue weighted by Crippen LogP contribution is 2.29. The molecule has 0 fully saturated rings. The van der Waals surface area contributed by atoms with Crippen LogP contribution in [0.3, 0.4) is 0 Å². The van der Waals surface area contributed by atoms with Crippen LogP contribution in [0.15, 0.2) is 53.5 Å². The van der Waals surface area contributed by atoms with Gasteiger partial charge < -0.3 is 9.84 Å². The number of nitrogens with zero attached hydrogens (tertiary/aromatic N) is 1. The molecular formula is C15H13N3O3. The minimum Gasteiger partial charge on any atom is -0.508 e. The predicted molar refractivity (Wildman–Crippen MR) is 77.7 cm³/mol. The predicted octanol–water partition coefficient (Wildman–Crippen LogP) is 1.75. The van der Waals surface area contributed by atoms with E-state index in [0.29, 0.717) is 22.8 Å². The molecular weight excluding hydrogens is 270 g/mol. The number of carbonyl (C=O) groups is 1. The number of rotatable bonds is 1. The van der Waals surface area contributed by atoms with E-state index in [1.165, 1.54) is 24.3 Å². The number of fused-ring (bicyclic) bond motifs is 1.